The van der Waals surface area contributed by atoms with E-state index in [0.29, 0.717) is 11.5 Å². The quantitative estimate of drug-likeness (QED) is 0.851. The van der Waals surface area contributed by atoms with Crippen molar-refractivity contribution in [2.75, 3.05) is 17.3 Å². The van der Waals surface area contributed by atoms with Crippen LogP contribution in [0.1, 0.15) is 27.2 Å². The molecule has 0 spiro atoms. The monoisotopic (exact) mass is 278 g/mol. The number of rotatable bonds is 5. The first-order valence-electron chi connectivity index (χ1n) is 6.63. The molecule has 6 heteroatoms. The Hall–Kier alpha value is -1.95. The van der Waals surface area contributed by atoms with Gasteiger partial charge in [0, 0.05) is 14.0 Å². The van der Waals surface area contributed by atoms with Crippen LogP contribution in [-0.4, -0.2) is 29.9 Å². The summed E-state index contributed by atoms with van der Waals surface area (Å²) in [6.07, 6.45) is 2.35. The molecule has 20 heavy (non-hydrogen) atoms. The molecule has 0 aliphatic rings. The van der Waals surface area contributed by atoms with Crippen molar-refractivity contribution in [3.05, 3.63) is 18.3 Å². The van der Waals surface area contributed by atoms with Gasteiger partial charge in [0.25, 0.3) is 0 Å². The number of aromatic nitrogens is 1. The molecule has 3 N–H and O–H groups in total. The molecule has 0 aromatic carbocycles. The molecular formula is C14H22N4O2. The Kier molecular flexibility index (Phi) is 5.64. The Morgan fingerprint density at radius 2 is 2.10 bits per heavy atom. The van der Waals surface area contributed by atoms with Gasteiger partial charge >= 0.3 is 0 Å². The smallest absolute Gasteiger partial charge is 0.241 e. The van der Waals surface area contributed by atoms with E-state index in [1.54, 1.807) is 19.2 Å². The highest BCUT2D eigenvalue weighted by Gasteiger charge is 2.19. The minimum Gasteiger partial charge on any atom is -0.323 e. The number of hydrogen-bond acceptors (Lipinski definition) is 4. The average molecular weight is 278 g/mol. The number of nitrogens with zero attached hydrogens (tertiary/aromatic N) is 2. The van der Waals surface area contributed by atoms with Crippen molar-refractivity contribution < 1.29 is 9.59 Å². The van der Waals surface area contributed by atoms with Crippen LogP contribution in [-0.2, 0) is 9.59 Å². The van der Waals surface area contributed by atoms with E-state index in [-0.39, 0.29) is 17.7 Å². The van der Waals surface area contributed by atoms with Gasteiger partial charge in [-0.25, -0.2) is 4.98 Å². The third-order valence-electron chi connectivity index (χ3n) is 3.39. The van der Waals surface area contributed by atoms with Gasteiger partial charge in [0.05, 0.1) is 17.9 Å². The summed E-state index contributed by atoms with van der Waals surface area (Å²) >= 11 is 0. The molecule has 0 saturated heterocycles. The van der Waals surface area contributed by atoms with E-state index in [9.17, 15) is 9.59 Å². The molecule has 0 unspecified atom stereocenters. The molecule has 1 rings (SSSR count). The van der Waals surface area contributed by atoms with Gasteiger partial charge in [-0.3, -0.25) is 9.59 Å². The molecule has 1 aromatic heterocycles. The van der Waals surface area contributed by atoms with Gasteiger partial charge in [0.2, 0.25) is 11.8 Å². The van der Waals surface area contributed by atoms with Crippen LogP contribution < -0.4 is 16.0 Å². The molecule has 1 aromatic rings. The van der Waals surface area contributed by atoms with Crippen LogP contribution >= 0.6 is 0 Å². The summed E-state index contributed by atoms with van der Waals surface area (Å²) in [4.78, 5) is 28.7. The molecule has 110 valence electrons. The van der Waals surface area contributed by atoms with E-state index >= 15 is 0 Å². The molecule has 2 atom stereocenters. The summed E-state index contributed by atoms with van der Waals surface area (Å²) in [5.74, 6) is 0.315. The molecule has 0 radical (unpaired) electrons. The predicted octanol–water partition coefficient (Wildman–Crippen LogP) is 1.38. The highest BCUT2D eigenvalue weighted by atomic mass is 16.2. The van der Waals surface area contributed by atoms with Crippen molar-refractivity contribution in [3.63, 3.8) is 0 Å². The van der Waals surface area contributed by atoms with Gasteiger partial charge in [-0.15, -0.1) is 0 Å². The second kappa shape index (κ2) is 7.00. The van der Waals surface area contributed by atoms with Gasteiger partial charge in [-0.2, -0.15) is 0 Å². The molecule has 0 fully saturated rings. The average Bonchev–Trinajstić information content (AvgIpc) is 2.45. The summed E-state index contributed by atoms with van der Waals surface area (Å²) in [5.41, 5.74) is 6.42. The van der Waals surface area contributed by atoms with E-state index in [1.807, 2.05) is 13.8 Å². The van der Waals surface area contributed by atoms with Crippen molar-refractivity contribution in [1.82, 2.24) is 4.98 Å². The van der Waals surface area contributed by atoms with Crippen molar-refractivity contribution in [3.8, 4) is 0 Å². The largest absolute Gasteiger partial charge is 0.323 e. The van der Waals surface area contributed by atoms with Crippen LogP contribution in [0.2, 0.25) is 0 Å². The molecular weight excluding hydrogens is 256 g/mol. The van der Waals surface area contributed by atoms with Gasteiger partial charge in [-0.05, 0) is 18.1 Å². The fourth-order valence-corrected chi connectivity index (χ4v) is 1.56. The summed E-state index contributed by atoms with van der Waals surface area (Å²) in [5, 5.41) is 2.72. The Bertz CT molecular complexity index is 473. The second-order valence-corrected chi connectivity index (χ2v) is 4.88. The van der Waals surface area contributed by atoms with Crippen LogP contribution in [0.4, 0.5) is 11.5 Å². The number of anilines is 2. The first-order chi connectivity index (χ1) is 9.36. The van der Waals surface area contributed by atoms with E-state index in [2.05, 4.69) is 10.3 Å². The molecule has 1 heterocycles. The topological polar surface area (TPSA) is 88.3 Å². The Labute approximate surface area is 119 Å². The zero-order chi connectivity index (χ0) is 15.3. The third-order valence-corrected chi connectivity index (χ3v) is 3.39. The number of hydrogen-bond donors (Lipinski definition) is 2. The molecule has 6 nitrogen and oxygen atoms in total. The lowest BCUT2D eigenvalue weighted by Gasteiger charge is -2.18. The maximum absolute atomic E-state index is 11.9. The fourth-order valence-electron chi connectivity index (χ4n) is 1.56. The molecule has 2 amide bonds. The third kappa shape index (κ3) is 4.03. The fraction of sp³-hybridized carbons (Fsp3) is 0.500. The van der Waals surface area contributed by atoms with Crippen LogP contribution in [0.25, 0.3) is 0 Å². The Balaban J connectivity index is 2.71. The SMILES string of the molecule is CC[C@H](C)[C@H](N)C(=O)Nc1ccc(N(C)C(C)=O)nc1. The lowest BCUT2D eigenvalue weighted by Crippen LogP contribution is -2.40. The van der Waals surface area contributed by atoms with Crippen LogP contribution in [0.15, 0.2) is 18.3 Å². The summed E-state index contributed by atoms with van der Waals surface area (Å²) in [6.45, 7) is 5.39. The summed E-state index contributed by atoms with van der Waals surface area (Å²) in [6, 6.07) is 2.83. The van der Waals surface area contributed by atoms with Crippen molar-refractivity contribution in [2.45, 2.75) is 33.2 Å². The normalized spacial score (nSPS) is 13.4. The second-order valence-electron chi connectivity index (χ2n) is 4.88. The number of carbonyl (C=O) groups is 2. The number of amides is 2. The summed E-state index contributed by atoms with van der Waals surface area (Å²) < 4.78 is 0. The highest BCUT2D eigenvalue weighted by molar-refractivity contribution is 5.95. The first kappa shape index (κ1) is 16.1. The number of pyridine rings is 1. The lowest BCUT2D eigenvalue weighted by molar-refractivity contribution is -0.118. The van der Waals surface area contributed by atoms with E-state index in [1.165, 1.54) is 18.0 Å². The Morgan fingerprint density at radius 3 is 2.55 bits per heavy atom. The van der Waals surface area contributed by atoms with Gasteiger partial charge in [0.15, 0.2) is 0 Å². The Morgan fingerprint density at radius 1 is 1.45 bits per heavy atom. The maximum Gasteiger partial charge on any atom is 0.241 e. The molecule has 0 aliphatic heterocycles. The van der Waals surface area contributed by atoms with Crippen LogP contribution in [0.5, 0.6) is 0 Å². The standard InChI is InChI=1S/C14H22N4O2/c1-5-9(2)13(15)14(20)17-11-6-7-12(16-8-11)18(4)10(3)19/h6-9,13H,5,15H2,1-4H3,(H,17,20)/t9-,13-/m0/s1. The minimum absolute atomic E-state index is 0.104. The number of nitrogens with two attached hydrogens (primary N) is 1. The minimum atomic E-state index is -0.542. The van der Waals surface area contributed by atoms with E-state index in [4.69, 9.17) is 5.73 Å². The summed E-state index contributed by atoms with van der Waals surface area (Å²) in [7, 11) is 1.64. The van der Waals surface area contributed by atoms with Gasteiger partial charge in [0.1, 0.15) is 5.82 Å². The number of carbonyl (C=O) groups excluding carboxylic acids is 2. The first-order valence-corrected chi connectivity index (χ1v) is 6.63. The number of nitrogens with one attached hydrogen (secondary N) is 1. The predicted molar refractivity (Wildman–Crippen MR) is 79.4 cm³/mol. The van der Waals surface area contributed by atoms with Crippen molar-refractivity contribution in [2.24, 2.45) is 11.7 Å². The van der Waals surface area contributed by atoms with Crippen molar-refractivity contribution in [1.29, 1.82) is 0 Å². The van der Waals surface area contributed by atoms with Gasteiger partial charge < -0.3 is 16.0 Å². The molecule has 0 aliphatic carbocycles. The zero-order valence-corrected chi connectivity index (χ0v) is 12.4. The molecule has 0 saturated carbocycles. The maximum atomic E-state index is 11.9. The van der Waals surface area contributed by atoms with Gasteiger partial charge in [-0.1, -0.05) is 20.3 Å². The van der Waals surface area contributed by atoms with Crippen molar-refractivity contribution >= 4 is 23.3 Å². The highest BCUT2D eigenvalue weighted by Crippen LogP contribution is 2.14. The van der Waals surface area contributed by atoms with Crippen LogP contribution in [0.3, 0.4) is 0 Å². The van der Waals surface area contributed by atoms with E-state index in [0.717, 1.165) is 6.42 Å². The van der Waals surface area contributed by atoms with Crippen LogP contribution in [0, 0.1) is 5.92 Å². The van der Waals surface area contributed by atoms with E-state index < -0.39 is 6.04 Å². The lowest BCUT2D eigenvalue weighted by atomic mass is 9.99. The molecule has 0 bridgehead atoms. The zero-order valence-electron chi connectivity index (χ0n) is 12.4.